The van der Waals surface area contributed by atoms with E-state index in [9.17, 15) is 4.79 Å². The Morgan fingerprint density at radius 2 is 1.97 bits per heavy atom. The van der Waals surface area contributed by atoms with Crippen molar-refractivity contribution in [2.45, 2.75) is 20.4 Å². The highest BCUT2D eigenvalue weighted by atomic mass is 35.5. The van der Waals surface area contributed by atoms with Crippen LogP contribution < -0.4 is 11.3 Å². The number of halogens is 1. The van der Waals surface area contributed by atoms with E-state index in [-0.39, 0.29) is 17.3 Å². The van der Waals surface area contributed by atoms with Crippen molar-refractivity contribution in [1.29, 1.82) is 0 Å². The number of hydrogen-bond acceptors (Lipinski definition) is 7. The lowest BCUT2D eigenvalue weighted by atomic mass is 10.2. The van der Waals surface area contributed by atoms with Crippen molar-refractivity contribution in [3.05, 3.63) is 68.4 Å². The number of aromatic nitrogens is 6. The molecule has 5 aromatic rings. The van der Waals surface area contributed by atoms with E-state index in [1.807, 2.05) is 31.4 Å². The molecule has 0 aromatic carbocycles. The number of rotatable bonds is 3. The summed E-state index contributed by atoms with van der Waals surface area (Å²) in [6.07, 6.45) is 3.26. The van der Waals surface area contributed by atoms with Gasteiger partial charge >= 0.3 is 0 Å². The van der Waals surface area contributed by atoms with E-state index in [1.165, 1.54) is 11.3 Å². The van der Waals surface area contributed by atoms with Crippen LogP contribution in [0.15, 0.2) is 40.8 Å². The molecule has 2 N–H and O–H groups in total. The summed E-state index contributed by atoms with van der Waals surface area (Å²) in [5.41, 5.74) is 8.66. The number of nitrogens with two attached hydrogens (primary N) is 1. The van der Waals surface area contributed by atoms with Crippen LogP contribution in [0.1, 0.15) is 17.0 Å². The van der Waals surface area contributed by atoms with Crippen LogP contribution in [0.5, 0.6) is 0 Å². The second-order valence-corrected chi connectivity index (χ2v) is 8.17. The Morgan fingerprint density at radius 1 is 1.13 bits per heavy atom. The zero-order chi connectivity index (χ0) is 21.0. The van der Waals surface area contributed by atoms with Crippen molar-refractivity contribution in [1.82, 2.24) is 29.3 Å². The summed E-state index contributed by atoms with van der Waals surface area (Å²) < 4.78 is 3.15. The number of anilines is 1. The Balaban J connectivity index is 1.80. The van der Waals surface area contributed by atoms with Gasteiger partial charge in [-0.15, -0.1) is 11.3 Å². The van der Waals surface area contributed by atoms with Gasteiger partial charge in [0.05, 0.1) is 10.8 Å². The maximum absolute atomic E-state index is 13.5. The summed E-state index contributed by atoms with van der Waals surface area (Å²) in [5, 5.41) is 7.75. The number of pyridine rings is 2. The summed E-state index contributed by atoms with van der Waals surface area (Å²) in [4.78, 5) is 27.8. The third-order valence-corrected chi connectivity index (χ3v) is 6.22. The van der Waals surface area contributed by atoms with Gasteiger partial charge in [-0.05, 0) is 42.5 Å². The minimum Gasteiger partial charge on any atom is -0.398 e. The first-order chi connectivity index (χ1) is 14.5. The molecule has 0 aliphatic heterocycles. The first-order valence-electron chi connectivity index (χ1n) is 9.14. The zero-order valence-corrected chi connectivity index (χ0v) is 17.7. The summed E-state index contributed by atoms with van der Waals surface area (Å²) in [6.45, 7) is 3.99. The molecule has 0 saturated carbocycles. The standard InChI is InChI=1S/C20H16ClN7OS/c1-10-4-3-6-23-17(10)28-13(25-19-14(20(28)29)11(2)9-30-19)8-27-18-15(16(21)26-27)12(22)5-7-24-18/h3-7,9H,8H2,1-2H3,(H2,22,24). The van der Waals surface area contributed by atoms with E-state index >= 15 is 0 Å². The van der Waals surface area contributed by atoms with Crippen LogP contribution in [0.3, 0.4) is 0 Å². The summed E-state index contributed by atoms with van der Waals surface area (Å²) in [7, 11) is 0. The SMILES string of the molecule is Cc1cccnc1-n1c(Cn2nc(Cl)c3c(N)ccnc32)nc2scc(C)c2c1=O. The molecule has 5 aromatic heterocycles. The number of hydrogen-bond donors (Lipinski definition) is 1. The third-order valence-electron chi connectivity index (χ3n) is 4.97. The fraction of sp³-hybridized carbons (Fsp3) is 0.150. The fourth-order valence-electron chi connectivity index (χ4n) is 3.53. The minimum atomic E-state index is -0.161. The van der Waals surface area contributed by atoms with Crippen molar-refractivity contribution in [3.8, 4) is 5.82 Å². The smallest absolute Gasteiger partial charge is 0.268 e. The molecule has 0 saturated heterocycles. The predicted molar refractivity (Wildman–Crippen MR) is 119 cm³/mol. The Bertz CT molecular complexity index is 1500. The van der Waals surface area contributed by atoms with Crippen molar-refractivity contribution in [3.63, 3.8) is 0 Å². The molecule has 8 nitrogen and oxygen atoms in total. The monoisotopic (exact) mass is 437 g/mol. The molecule has 10 heteroatoms. The molecule has 0 atom stereocenters. The Hall–Kier alpha value is -3.30. The molecule has 0 amide bonds. The molecule has 0 radical (unpaired) electrons. The van der Waals surface area contributed by atoms with E-state index < -0.39 is 0 Å². The van der Waals surface area contributed by atoms with Gasteiger partial charge in [-0.1, -0.05) is 17.7 Å². The Morgan fingerprint density at radius 3 is 2.77 bits per heavy atom. The van der Waals surface area contributed by atoms with E-state index in [1.54, 1.807) is 27.7 Å². The minimum absolute atomic E-state index is 0.161. The predicted octanol–water partition coefficient (Wildman–Crippen LogP) is 3.49. The van der Waals surface area contributed by atoms with Crippen molar-refractivity contribution in [2.75, 3.05) is 5.73 Å². The average Bonchev–Trinajstić information content (AvgIpc) is 3.24. The van der Waals surface area contributed by atoms with Crippen molar-refractivity contribution >= 4 is 49.9 Å². The lowest BCUT2D eigenvalue weighted by Crippen LogP contribution is -2.26. The van der Waals surface area contributed by atoms with E-state index in [4.69, 9.17) is 22.3 Å². The van der Waals surface area contributed by atoms with Crippen molar-refractivity contribution in [2.24, 2.45) is 0 Å². The van der Waals surface area contributed by atoms with E-state index in [0.29, 0.717) is 38.6 Å². The topological polar surface area (TPSA) is 105 Å². The quantitative estimate of drug-likeness (QED) is 0.463. The third kappa shape index (κ3) is 2.78. The molecule has 0 fully saturated rings. The maximum atomic E-state index is 13.5. The number of fused-ring (bicyclic) bond motifs is 2. The maximum Gasteiger partial charge on any atom is 0.268 e. The molecule has 0 unspecified atom stereocenters. The second-order valence-electron chi connectivity index (χ2n) is 6.96. The van der Waals surface area contributed by atoms with Crippen LogP contribution in [0, 0.1) is 13.8 Å². The molecule has 0 spiro atoms. The fourth-order valence-corrected chi connectivity index (χ4v) is 4.74. The van der Waals surface area contributed by atoms with Gasteiger partial charge in [0.1, 0.15) is 23.0 Å². The molecule has 0 aliphatic carbocycles. The molecular weight excluding hydrogens is 422 g/mol. The van der Waals surface area contributed by atoms with E-state index in [2.05, 4.69) is 15.1 Å². The molecule has 150 valence electrons. The summed E-state index contributed by atoms with van der Waals surface area (Å²) in [5.74, 6) is 1.02. The highest BCUT2D eigenvalue weighted by molar-refractivity contribution is 7.16. The highest BCUT2D eigenvalue weighted by Gasteiger charge is 2.20. The van der Waals surface area contributed by atoms with E-state index in [0.717, 1.165) is 11.1 Å². The first kappa shape index (κ1) is 18.7. The lowest BCUT2D eigenvalue weighted by molar-refractivity contribution is 0.646. The second kappa shape index (κ2) is 6.89. The molecule has 5 heterocycles. The molecule has 0 aliphatic rings. The Kier molecular flexibility index (Phi) is 4.30. The largest absolute Gasteiger partial charge is 0.398 e. The van der Waals surface area contributed by atoms with Gasteiger partial charge in [0.2, 0.25) is 0 Å². The van der Waals surface area contributed by atoms with Gasteiger partial charge in [0.15, 0.2) is 10.8 Å². The van der Waals surface area contributed by atoms with Crippen LogP contribution in [0.4, 0.5) is 5.69 Å². The van der Waals surface area contributed by atoms with Gasteiger partial charge in [0.25, 0.3) is 5.56 Å². The number of nitrogen functional groups attached to an aromatic ring is 1. The molecular formula is C20H16ClN7OS. The number of nitrogens with zero attached hydrogens (tertiary/aromatic N) is 6. The van der Waals surface area contributed by atoms with Gasteiger partial charge in [-0.2, -0.15) is 5.10 Å². The lowest BCUT2D eigenvalue weighted by Gasteiger charge is -2.14. The molecule has 30 heavy (non-hydrogen) atoms. The van der Waals surface area contributed by atoms with Crippen LogP contribution in [0.25, 0.3) is 27.1 Å². The van der Waals surface area contributed by atoms with Crippen LogP contribution in [0.2, 0.25) is 5.15 Å². The normalized spacial score (nSPS) is 11.6. The van der Waals surface area contributed by atoms with Gasteiger partial charge in [0, 0.05) is 18.1 Å². The van der Waals surface area contributed by atoms with Crippen LogP contribution >= 0.6 is 22.9 Å². The number of thiophene rings is 1. The van der Waals surface area contributed by atoms with Gasteiger partial charge < -0.3 is 5.73 Å². The number of aryl methyl sites for hydroxylation is 2. The van der Waals surface area contributed by atoms with Crippen LogP contribution in [-0.4, -0.2) is 29.3 Å². The summed E-state index contributed by atoms with van der Waals surface area (Å²) >= 11 is 7.75. The summed E-state index contributed by atoms with van der Waals surface area (Å²) in [6, 6.07) is 5.41. The molecule has 5 rings (SSSR count). The zero-order valence-electron chi connectivity index (χ0n) is 16.1. The highest BCUT2D eigenvalue weighted by Crippen LogP contribution is 2.28. The Labute approximate surface area is 179 Å². The van der Waals surface area contributed by atoms with Crippen molar-refractivity contribution < 1.29 is 0 Å². The van der Waals surface area contributed by atoms with Gasteiger partial charge in [-0.3, -0.25) is 4.79 Å². The van der Waals surface area contributed by atoms with Crippen LogP contribution in [-0.2, 0) is 6.54 Å². The van der Waals surface area contributed by atoms with Gasteiger partial charge in [-0.25, -0.2) is 24.2 Å². The first-order valence-corrected chi connectivity index (χ1v) is 10.4. The molecule has 0 bridgehead atoms. The average molecular weight is 438 g/mol.